The lowest BCUT2D eigenvalue weighted by Gasteiger charge is -2.18. The molecule has 3 N–H and O–H groups in total. The molecule has 0 unspecified atom stereocenters. The van der Waals surface area contributed by atoms with E-state index in [1.807, 2.05) is 0 Å². The molecule has 0 bridgehead atoms. The van der Waals surface area contributed by atoms with Crippen LogP contribution in [-0.4, -0.2) is 11.1 Å². The lowest BCUT2D eigenvalue weighted by atomic mass is 9.99. The molecule has 82 valence electrons. The Balaban J connectivity index is 2.53. The summed E-state index contributed by atoms with van der Waals surface area (Å²) in [5.74, 6) is 0. The van der Waals surface area contributed by atoms with Crippen molar-refractivity contribution in [3.8, 4) is 0 Å². The number of hydrogen-bond donors (Lipinski definition) is 2. The predicted octanol–water partition coefficient (Wildman–Crippen LogP) is 2.69. The molecule has 0 aliphatic heterocycles. The highest BCUT2D eigenvalue weighted by Gasteiger charge is 2.24. The third kappa shape index (κ3) is 2.13. The Kier molecular flexibility index (Phi) is 3.21. The molecule has 1 aromatic carbocycles. The van der Waals surface area contributed by atoms with E-state index >= 15 is 0 Å². The first kappa shape index (κ1) is 11.2. The van der Waals surface area contributed by atoms with Gasteiger partial charge in [-0.25, -0.2) is 0 Å². The third-order valence-corrected chi connectivity index (χ3v) is 3.44. The van der Waals surface area contributed by atoms with Crippen LogP contribution in [-0.2, 0) is 6.42 Å². The Bertz CT molecular complexity index is 381. The molecule has 2 nitrogen and oxygen atoms in total. The SMILES string of the molecule is N[C@@H]1CCCc2c(Cl)cc(Cl)cc2[C@H]1O. The number of hydrogen-bond acceptors (Lipinski definition) is 2. The molecule has 2 rings (SSSR count). The van der Waals surface area contributed by atoms with Crippen LogP contribution in [0.1, 0.15) is 30.1 Å². The van der Waals surface area contributed by atoms with Crippen LogP contribution in [0.4, 0.5) is 0 Å². The molecule has 0 fully saturated rings. The van der Waals surface area contributed by atoms with Crippen molar-refractivity contribution in [2.45, 2.75) is 31.4 Å². The lowest BCUT2D eigenvalue weighted by molar-refractivity contribution is 0.144. The van der Waals surface area contributed by atoms with Crippen LogP contribution >= 0.6 is 23.2 Å². The molecule has 0 saturated heterocycles. The Labute approximate surface area is 99.0 Å². The van der Waals surface area contributed by atoms with Gasteiger partial charge in [0.25, 0.3) is 0 Å². The van der Waals surface area contributed by atoms with Crippen molar-refractivity contribution in [1.29, 1.82) is 0 Å². The number of halogens is 2. The van der Waals surface area contributed by atoms with E-state index in [2.05, 4.69) is 0 Å². The highest BCUT2D eigenvalue weighted by molar-refractivity contribution is 6.35. The molecule has 1 aliphatic carbocycles. The van der Waals surface area contributed by atoms with Crippen LogP contribution < -0.4 is 5.73 Å². The van der Waals surface area contributed by atoms with Gasteiger partial charge in [0.15, 0.2) is 0 Å². The minimum absolute atomic E-state index is 0.221. The average molecular weight is 246 g/mol. The topological polar surface area (TPSA) is 46.2 Å². The van der Waals surface area contributed by atoms with Crippen molar-refractivity contribution < 1.29 is 5.11 Å². The fraction of sp³-hybridized carbons (Fsp3) is 0.455. The van der Waals surface area contributed by atoms with E-state index in [4.69, 9.17) is 28.9 Å². The number of rotatable bonds is 0. The summed E-state index contributed by atoms with van der Waals surface area (Å²) in [5, 5.41) is 11.2. The summed E-state index contributed by atoms with van der Waals surface area (Å²) >= 11 is 12.0. The van der Waals surface area contributed by atoms with Crippen LogP contribution in [0.25, 0.3) is 0 Å². The second-order valence-electron chi connectivity index (χ2n) is 3.96. The van der Waals surface area contributed by atoms with Crippen LogP contribution in [0.5, 0.6) is 0 Å². The Morgan fingerprint density at radius 2 is 2.07 bits per heavy atom. The number of benzene rings is 1. The maximum Gasteiger partial charge on any atom is 0.0944 e. The van der Waals surface area contributed by atoms with Gasteiger partial charge in [0, 0.05) is 16.1 Å². The molecule has 1 aliphatic rings. The quantitative estimate of drug-likeness (QED) is 0.691. The Morgan fingerprint density at radius 3 is 2.80 bits per heavy atom. The first-order chi connectivity index (χ1) is 7.09. The normalized spacial score (nSPS) is 25.9. The summed E-state index contributed by atoms with van der Waals surface area (Å²) in [4.78, 5) is 0. The first-order valence-corrected chi connectivity index (χ1v) is 5.76. The van der Waals surface area contributed by atoms with Crippen molar-refractivity contribution in [1.82, 2.24) is 0 Å². The maximum atomic E-state index is 10.0. The highest BCUT2D eigenvalue weighted by Crippen LogP contribution is 2.34. The molecular formula is C11H13Cl2NO. The van der Waals surface area contributed by atoms with Crippen molar-refractivity contribution in [2.75, 3.05) is 0 Å². The van der Waals surface area contributed by atoms with Crippen LogP contribution in [0.3, 0.4) is 0 Å². The van der Waals surface area contributed by atoms with E-state index in [1.54, 1.807) is 12.1 Å². The summed E-state index contributed by atoms with van der Waals surface area (Å²) in [7, 11) is 0. The van der Waals surface area contributed by atoms with Gasteiger partial charge in [-0.3, -0.25) is 0 Å². The van der Waals surface area contributed by atoms with E-state index in [-0.39, 0.29) is 6.04 Å². The van der Waals surface area contributed by atoms with E-state index in [0.29, 0.717) is 10.0 Å². The molecule has 0 spiro atoms. The molecule has 15 heavy (non-hydrogen) atoms. The molecule has 0 heterocycles. The zero-order chi connectivity index (χ0) is 11.0. The predicted molar refractivity (Wildman–Crippen MR) is 62.3 cm³/mol. The van der Waals surface area contributed by atoms with Gasteiger partial charge in [0.2, 0.25) is 0 Å². The number of aliphatic hydroxyl groups is 1. The van der Waals surface area contributed by atoms with Crippen molar-refractivity contribution in [2.24, 2.45) is 5.73 Å². The van der Waals surface area contributed by atoms with E-state index in [0.717, 1.165) is 30.4 Å². The van der Waals surface area contributed by atoms with Crippen LogP contribution in [0, 0.1) is 0 Å². The molecule has 4 heteroatoms. The first-order valence-electron chi connectivity index (χ1n) is 5.01. The maximum absolute atomic E-state index is 10.0. The highest BCUT2D eigenvalue weighted by atomic mass is 35.5. The van der Waals surface area contributed by atoms with Gasteiger partial charge in [0.1, 0.15) is 0 Å². The molecular weight excluding hydrogens is 233 g/mol. The fourth-order valence-electron chi connectivity index (χ4n) is 2.05. The third-order valence-electron chi connectivity index (χ3n) is 2.88. The molecule has 1 aromatic rings. The summed E-state index contributed by atoms with van der Waals surface area (Å²) in [5.41, 5.74) is 7.63. The van der Waals surface area contributed by atoms with E-state index in [1.165, 1.54) is 0 Å². The molecule has 2 atom stereocenters. The number of fused-ring (bicyclic) bond motifs is 1. The van der Waals surface area contributed by atoms with Gasteiger partial charge in [-0.2, -0.15) is 0 Å². The zero-order valence-corrected chi connectivity index (χ0v) is 9.72. The van der Waals surface area contributed by atoms with Gasteiger partial charge in [0.05, 0.1) is 6.10 Å². The van der Waals surface area contributed by atoms with Crippen LogP contribution in [0.2, 0.25) is 10.0 Å². The second-order valence-corrected chi connectivity index (χ2v) is 4.80. The van der Waals surface area contributed by atoms with Gasteiger partial charge >= 0.3 is 0 Å². The standard InChI is InChI=1S/C11H13Cl2NO/c12-6-4-8-7(9(13)5-6)2-1-3-10(14)11(8)15/h4-5,10-11,15H,1-3,14H2/t10-,11-/m1/s1. The molecule has 0 radical (unpaired) electrons. The smallest absolute Gasteiger partial charge is 0.0944 e. The largest absolute Gasteiger partial charge is 0.387 e. The van der Waals surface area contributed by atoms with Crippen molar-refractivity contribution >= 4 is 23.2 Å². The fourth-order valence-corrected chi connectivity index (χ4v) is 2.66. The minimum atomic E-state index is -0.654. The van der Waals surface area contributed by atoms with Gasteiger partial charge in [-0.05, 0) is 42.5 Å². The number of nitrogens with two attached hydrogens (primary N) is 1. The lowest BCUT2D eigenvalue weighted by Crippen LogP contribution is -2.27. The van der Waals surface area contributed by atoms with Gasteiger partial charge < -0.3 is 10.8 Å². The van der Waals surface area contributed by atoms with Gasteiger partial charge in [-0.15, -0.1) is 0 Å². The molecule has 0 aromatic heterocycles. The van der Waals surface area contributed by atoms with E-state index < -0.39 is 6.10 Å². The monoisotopic (exact) mass is 245 g/mol. The summed E-state index contributed by atoms with van der Waals surface area (Å²) in [6, 6.07) is 3.25. The number of aliphatic hydroxyl groups excluding tert-OH is 1. The average Bonchev–Trinajstić information content (AvgIpc) is 2.30. The van der Waals surface area contributed by atoms with E-state index in [9.17, 15) is 5.11 Å². The molecule has 0 saturated carbocycles. The summed E-state index contributed by atoms with van der Waals surface area (Å²) in [6.07, 6.45) is 1.96. The molecule has 0 amide bonds. The van der Waals surface area contributed by atoms with Crippen LogP contribution in [0.15, 0.2) is 12.1 Å². The summed E-state index contributed by atoms with van der Waals surface area (Å²) < 4.78 is 0. The second kappa shape index (κ2) is 4.30. The minimum Gasteiger partial charge on any atom is -0.387 e. The zero-order valence-electron chi connectivity index (χ0n) is 8.21. The Hall–Kier alpha value is -0.280. The van der Waals surface area contributed by atoms with Gasteiger partial charge in [-0.1, -0.05) is 23.2 Å². The van der Waals surface area contributed by atoms with Crippen molar-refractivity contribution in [3.63, 3.8) is 0 Å². The summed E-state index contributed by atoms with van der Waals surface area (Å²) in [6.45, 7) is 0. The van der Waals surface area contributed by atoms with Crippen molar-refractivity contribution in [3.05, 3.63) is 33.3 Å². The Morgan fingerprint density at radius 1 is 1.33 bits per heavy atom.